The third-order valence-electron chi connectivity index (χ3n) is 2.66. The molecule has 1 atom stereocenters. The van der Waals surface area contributed by atoms with Crippen molar-refractivity contribution in [2.24, 2.45) is 0 Å². The van der Waals surface area contributed by atoms with Gasteiger partial charge in [-0.05, 0) is 20.4 Å². The summed E-state index contributed by atoms with van der Waals surface area (Å²) in [5.74, 6) is 0. The predicted octanol–water partition coefficient (Wildman–Crippen LogP) is 0.972. The second-order valence-electron chi connectivity index (χ2n) is 4.34. The summed E-state index contributed by atoms with van der Waals surface area (Å²) < 4.78 is 0. The highest BCUT2D eigenvalue weighted by Crippen LogP contribution is 2.16. The molecule has 74 valence electrons. The molecule has 0 aromatic heterocycles. The summed E-state index contributed by atoms with van der Waals surface area (Å²) in [6, 6.07) is 2.65. The Morgan fingerprint density at radius 2 is 2.31 bits per heavy atom. The highest BCUT2D eigenvalue weighted by molar-refractivity contribution is 4.94. The van der Waals surface area contributed by atoms with Crippen LogP contribution in [0.5, 0.6) is 0 Å². The summed E-state index contributed by atoms with van der Waals surface area (Å²) in [5.41, 5.74) is 0.196. The molecule has 0 spiro atoms. The van der Waals surface area contributed by atoms with Crippen molar-refractivity contribution in [3.8, 4) is 6.07 Å². The largest absolute Gasteiger partial charge is 0.309 e. The van der Waals surface area contributed by atoms with E-state index in [1.54, 1.807) is 0 Å². The van der Waals surface area contributed by atoms with Gasteiger partial charge in [-0.1, -0.05) is 6.92 Å². The molecule has 13 heavy (non-hydrogen) atoms. The third-order valence-corrected chi connectivity index (χ3v) is 2.66. The number of rotatable bonds is 2. The van der Waals surface area contributed by atoms with Crippen LogP contribution < -0.4 is 5.32 Å². The number of nitriles is 1. The molecule has 0 aromatic rings. The Morgan fingerprint density at radius 3 is 2.85 bits per heavy atom. The van der Waals surface area contributed by atoms with Gasteiger partial charge in [0.2, 0.25) is 0 Å². The zero-order valence-corrected chi connectivity index (χ0v) is 8.80. The predicted molar refractivity (Wildman–Crippen MR) is 53.3 cm³/mol. The molecular formula is C10H19N3. The number of hydrogen-bond donors (Lipinski definition) is 1. The molecule has 1 rings (SSSR count). The Hall–Kier alpha value is -0.590. The Morgan fingerprint density at radius 1 is 1.62 bits per heavy atom. The highest BCUT2D eigenvalue weighted by Gasteiger charge is 2.30. The minimum Gasteiger partial charge on any atom is -0.309 e. The van der Waals surface area contributed by atoms with Gasteiger partial charge in [0.25, 0.3) is 0 Å². The van der Waals surface area contributed by atoms with Gasteiger partial charge in [-0.3, -0.25) is 4.90 Å². The number of nitrogens with one attached hydrogen (secondary N) is 1. The van der Waals surface area contributed by atoms with Crippen molar-refractivity contribution in [1.29, 1.82) is 5.26 Å². The van der Waals surface area contributed by atoms with Crippen LogP contribution in [0.4, 0.5) is 0 Å². The molecular weight excluding hydrogens is 162 g/mol. The molecule has 1 heterocycles. The van der Waals surface area contributed by atoms with Crippen molar-refractivity contribution in [2.45, 2.75) is 38.8 Å². The van der Waals surface area contributed by atoms with Crippen LogP contribution in [-0.4, -0.2) is 36.1 Å². The standard InChI is InChI=1S/C10H19N3/c1-4-13-8-10(2,3)12-7-9(13)5-6-11/h9,12H,4-5,7-8H2,1-3H3. The van der Waals surface area contributed by atoms with E-state index < -0.39 is 0 Å². The molecule has 3 nitrogen and oxygen atoms in total. The Bertz CT molecular complexity index is 205. The van der Waals surface area contributed by atoms with E-state index in [0.29, 0.717) is 12.5 Å². The molecule has 1 N–H and O–H groups in total. The summed E-state index contributed by atoms with van der Waals surface area (Å²) in [7, 11) is 0. The fourth-order valence-electron chi connectivity index (χ4n) is 1.89. The van der Waals surface area contributed by atoms with E-state index in [4.69, 9.17) is 5.26 Å². The van der Waals surface area contributed by atoms with E-state index in [0.717, 1.165) is 19.6 Å². The molecule has 0 aromatic carbocycles. The van der Waals surface area contributed by atoms with E-state index in [2.05, 4.69) is 37.1 Å². The fraction of sp³-hybridized carbons (Fsp3) is 0.900. The van der Waals surface area contributed by atoms with Crippen LogP contribution in [0.1, 0.15) is 27.2 Å². The van der Waals surface area contributed by atoms with Gasteiger partial charge in [-0.15, -0.1) is 0 Å². The number of nitrogens with zero attached hydrogens (tertiary/aromatic N) is 2. The summed E-state index contributed by atoms with van der Waals surface area (Å²) in [4.78, 5) is 2.39. The van der Waals surface area contributed by atoms with E-state index >= 15 is 0 Å². The van der Waals surface area contributed by atoms with Crippen molar-refractivity contribution in [1.82, 2.24) is 10.2 Å². The Labute approximate surface area is 80.7 Å². The lowest BCUT2D eigenvalue weighted by atomic mass is 9.98. The minimum absolute atomic E-state index is 0.196. The van der Waals surface area contributed by atoms with Crippen molar-refractivity contribution < 1.29 is 0 Å². The quantitative estimate of drug-likeness (QED) is 0.690. The van der Waals surface area contributed by atoms with Gasteiger partial charge in [0, 0.05) is 24.7 Å². The van der Waals surface area contributed by atoms with E-state index in [1.807, 2.05) is 0 Å². The zero-order valence-electron chi connectivity index (χ0n) is 8.80. The molecule has 3 heteroatoms. The molecule has 0 bridgehead atoms. The second kappa shape index (κ2) is 4.08. The maximum absolute atomic E-state index is 8.66. The first-order chi connectivity index (χ1) is 6.09. The molecule has 0 aliphatic carbocycles. The summed E-state index contributed by atoms with van der Waals surface area (Å²) in [5, 5.41) is 12.1. The van der Waals surface area contributed by atoms with Crippen molar-refractivity contribution >= 4 is 0 Å². The topological polar surface area (TPSA) is 39.1 Å². The molecule has 1 unspecified atom stereocenters. The lowest BCUT2D eigenvalue weighted by Crippen LogP contribution is -2.61. The van der Waals surface area contributed by atoms with E-state index in [9.17, 15) is 0 Å². The van der Waals surface area contributed by atoms with Crippen molar-refractivity contribution in [2.75, 3.05) is 19.6 Å². The molecule has 0 radical (unpaired) electrons. The average molecular weight is 181 g/mol. The van der Waals surface area contributed by atoms with Gasteiger partial charge >= 0.3 is 0 Å². The smallest absolute Gasteiger partial charge is 0.0638 e. The minimum atomic E-state index is 0.196. The lowest BCUT2D eigenvalue weighted by Gasteiger charge is -2.43. The molecule has 1 aliphatic rings. The maximum atomic E-state index is 8.66. The number of hydrogen-bond acceptors (Lipinski definition) is 3. The highest BCUT2D eigenvalue weighted by atomic mass is 15.2. The SMILES string of the molecule is CCN1CC(C)(C)NCC1CC#N. The molecule has 1 saturated heterocycles. The normalized spacial score (nSPS) is 28.3. The first-order valence-electron chi connectivity index (χ1n) is 4.95. The molecule has 1 aliphatic heterocycles. The van der Waals surface area contributed by atoms with Crippen LogP contribution in [0.15, 0.2) is 0 Å². The first-order valence-corrected chi connectivity index (χ1v) is 4.95. The Balaban J connectivity index is 2.56. The zero-order chi connectivity index (χ0) is 9.90. The van der Waals surface area contributed by atoms with Gasteiger partial charge in [0.05, 0.1) is 12.5 Å². The van der Waals surface area contributed by atoms with Gasteiger partial charge in [0.15, 0.2) is 0 Å². The van der Waals surface area contributed by atoms with Crippen LogP contribution in [0.2, 0.25) is 0 Å². The van der Waals surface area contributed by atoms with Gasteiger partial charge < -0.3 is 5.32 Å². The van der Waals surface area contributed by atoms with Crippen LogP contribution in [0.25, 0.3) is 0 Å². The Kier molecular flexibility index (Phi) is 3.29. The fourth-order valence-corrected chi connectivity index (χ4v) is 1.89. The first kappa shape index (κ1) is 10.5. The number of likely N-dealkylation sites (N-methyl/N-ethyl adjacent to an activating group) is 1. The second-order valence-corrected chi connectivity index (χ2v) is 4.34. The van der Waals surface area contributed by atoms with Gasteiger partial charge in [-0.25, -0.2) is 0 Å². The maximum Gasteiger partial charge on any atom is 0.0638 e. The lowest BCUT2D eigenvalue weighted by molar-refractivity contribution is 0.103. The molecule has 1 fully saturated rings. The van der Waals surface area contributed by atoms with Crippen molar-refractivity contribution in [3.63, 3.8) is 0 Å². The van der Waals surface area contributed by atoms with Crippen LogP contribution in [0, 0.1) is 11.3 Å². The van der Waals surface area contributed by atoms with E-state index in [-0.39, 0.29) is 5.54 Å². The summed E-state index contributed by atoms with van der Waals surface area (Å²) in [6.45, 7) is 9.59. The summed E-state index contributed by atoms with van der Waals surface area (Å²) in [6.07, 6.45) is 0.636. The van der Waals surface area contributed by atoms with Gasteiger partial charge in [0.1, 0.15) is 0 Å². The molecule has 0 saturated carbocycles. The van der Waals surface area contributed by atoms with Crippen LogP contribution in [-0.2, 0) is 0 Å². The monoisotopic (exact) mass is 181 g/mol. The van der Waals surface area contributed by atoms with Crippen LogP contribution in [0.3, 0.4) is 0 Å². The van der Waals surface area contributed by atoms with Crippen LogP contribution >= 0.6 is 0 Å². The number of piperazine rings is 1. The van der Waals surface area contributed by atoms with E-state index in [1.165, 1.54) is 0 Å². The summed E-state index contributed by atoms with van der Waals surface area (Å²) >= 11 is 0. The third kappa shape index (κ3) is 2.68. The van der Waals surface area contributed by atoms with Gasteiger partial charge in [-0.2, -0.15) is 5.26 Å². The molecule has 0 amide bonds. The van der Waals surface area contributed by atoms with Crippen molar-refractivity contribution in [3.05, 3.63) is 0 Å². The average Bonchev–Trinajstić information content (AvgIpc) is 2.08.